The van der Waals surface area contributed by atoms with Gasteiger partial charge in [0.05, 0.1) is 11.3 Å². The van der Waals surface area contributed by atoms with Gasteiger partial charge in [-0.2, -0.15) is 13.2 Å². The molecule has 0 amide bonds. The molecule has 7 nitrogen and oxygen atoms in total. The highest BCUT2D eigenvalue weighted by Gasteiger charge is 2.31. The van der Waals surface area contributed by atoms with Gasteiger partial charge in [0.15, 0.2) is 5.96 Å². The first kappa shape index (κ1) is 17.0. The fourth-order valence-corrected chi connectivity index (χ4v) is 1.43. The van der Waals surface area contributed by atoms with E-state index in [-0.39, 0.29) is 16.1 Å². The minimum Gasteiger partial charge on any atom is -0.370 e. The summed E-state index contributed by atoms with van der Waals surface area (Å²) in [5.74, 6) is -0.291. The van der Waals surface area contributed by atoms with Crippen molar-refractivity contribution in [2.45, 2.75) is 6.18 Å². The molecule has 0 heterocycles. The zero-order chi connectivity index (χ0) is 15.2. The van der Waals surface area contributed by atoms with E-state index >= 15 is 0 Å². The summed E-state index contributed by atoms with van der Waals surface area (Å²) in [6, 6.07) is 3.20. The molecule has 1 aromatic carbocycles. The fraction of sp³-hybridized carbons (Fsp3) is 0.125. The van der Waals surface area contributed by atoms with Gasteiger partial charge in [0.1, 0.15) is 0 Å². The predicted molar refractivity (Wildman–Crippen MR) is 63.4 cm³/mol. The maximum atomic E-state index is 12.4. The third kappa shape index (κ3) is 7.81. The molecule has 0 radical (unpaired) electrons. The highest BCUT2D eigenvalue weighted by atomic mass is 79.9. The summed E-state index contributed by atoms with van der Waals surface area (Å²) >= 11 is 2.94. The number of alkyl halides is 3. The van der Waals surface area contributed by atoms with E-state index in [9.17, 15) is 13.2 Å². The van der Waals surface area contributed by atoms with Crippen LogP contribution in [0.1, 0.15) is 5.56 Å². The van der Waals surface area contributed by atoms with E-state index in [1.165, 1.54) is 6.07 Å². The van der Waals surface area contributed by atoms with E-state index in [1.54, 1.807) is 0 Å². The van der Waals surface area contributed by atoms with Crippen molar-refractivity contribution in [2.24, 2.45) is 16.5 Å². The van der Waals surface area contributed by atoms with Gasteiger partial charge in [-0.25, -0.2) is 4.99 Å². The summed E-state index contributed by atoms with van der Waals surface area (Å²) in [4.78, 5) is 11.9. The van der Waals surface area contributed by atoms with Crippen LogP contribution in [0.15, 0.2) is 27.7 Å². The third-order valence-corrected chi connectivity index (χ3v) is 1.93. The SMILES string of the molecule is NC(N)=Nc1cc(Br)cc(C(F)(F)F)c1.O=[N+]([O-])O. The van der Waals surface area contributed by atoms with Crippen molar-refractivity contribution in [3.8, 4) is 0 Å². The lowest BCUT2D eigenvalue weighted by Crippen LogP contribution is -2.21. The zero-order valence-electron chi connectivity index (χ0n) is 9.06. The average molecular weight is 345 g/mol. The second kappa shape index (κ2) is 6.78. The topological polar surface area (TPSA) is 128 Å². The van der Waals surface area contributed by atoms with Crippen molar-refractivity contribution in [1.82, 2.24) is 0 Å². The van der Waals surface area contributed by atoms with E-state index in [2.05, 4.69) is 20.9 Å². The van der Waals surface area contributed by atoms with Crippen LogP contribution in [0.3, 0.4) is 0 Å². The van der Waals surface area contributed by atoms with Gasteiger partial charge in [-0.1, -0.05) is 15.9 Å². The lowest BCUT2D eigenvalue weighted by Gasteiger charge is -2.07. The Kier molecular flexibility index (Phi) is 6.05. The number of rotatable bonds is 1. The van der Waals surface area contributed by atoms with Crippen molar-refractivity contribution in [1.29, 1.82) is 0 Å². The Bertz CT molecular complexity index is 485. The molecule has 0 unspecified atom stereocenters. The molecule has 0 aliphatic rings. The Morgan fingerprint density at radius 2 is 1.84 bits per heavy atom. The molecule has 19 heavy (non-hydrogen) atoms. The van der Waals surface area contributed by atoms with Crippen molar-refractivity contribution >= 4 is 27.6 Å². The minimum absolute atomic E-state index is 0.0525. The van der Waals surface area contributed by atoms with Crippen molar-refractivity contribution in [3.63, 3.8) is 0 Å². The average Bonchev–Trinajstić information content (AvgIpc) is 2.12. The number of hydrogen-bond acceptors (Lipinski definition) is 3. The maximum Gasteiger partial charge on any atom is 0.416 e. The van der Waals surface area contributed by atoms with Gasteiger partial charge in [0, 0.05) is 4.47 Å². The Balaban J connectivity index is 0.000000711. The van der Waals surface area contributed by atoms with Gasteiger partial charge in [-0.3, -0.25) is 0 Å². The lowest BCUT2D eigenvalue weighted by atomic mass is 10.2. The van der Waals surface area contributed by atoms with Crippen LogP contribution in [-0.2, 0) is 6.18 Å². The summed E-state index contributed by atoms with van der Waals surface area (Å²) in [6.07, 6.45) is -4.42. The van der Waals surface area contributed by atoms with Crippen LogP contribution in [0, 0.1) is 10.1 Å². The van der Waals surface area contributed by atoms with Gasteiger partial charge in [-0.15, -0.1) is 10.1 Å². The molecular formula is C8H8BrF3N4O3. The van der Waals surface area contributed by atoms with Crippen molar-refractivity contribution < 1.29 is 23.5 Å². The van der Waals surface area contributed by atoms with Gasteiger partial charge < -0.3 is 16.7 Å². The van der Waals surface area contributed by atoms with E-state index in [4.69, 9.17) is 26.8 Å². The summed E-state index contributed by atoms with van der Waals surface area (Å²) in [5.41, 5.74) is 9.37. The molecule has 106 valence electrons. The van der Waals surface area contributed by atoms with E-state index in [0.29, 0.717) is 0 Å². The van der Waals surface area contributed by atoms with Crippen LogP contribution in [0.5, 0.6) is 0 Å². The first-order valence-electron chi connectivity index (χ1n) is 4.33. The Morgan fingerprint density at radius 1 is 1.37 bits per heavy atom. The van der Waals surface area contributed by atoms with Crippen LogP contribution in [0.2, 0.25) is 0 Å². The Morgan fingerprint density at radius 3 is 2.21 bits per heavy atom. The molecule has 11 heteroatoms. The first-order valence-corrected chi connectivity index (χ1v) is 5.12. The number of nitrogens with two attached hydrogens (primary N) is 2. The van der Waals surface area contributed by atoms with E-state index in [1.807, 2.05) is 0 Å². The lowest BCUT2D eigenvalue weighted by molar-refractivity contribution is -0.742. The molecule has 0 atom stereocenters. The molecular weight excluding hydrogens is 337 g/mol. The normalized spacial score (nSPS) is 10.1. The number of benzene rings is 1. The smallest absolute Gasteiger partial charge is 0.370 e. The van der Waals surface area contributed by atoms with Crippen molar-refractivity contribution in [3.05, 3.63) is 38.3 Å². The largest absolute Gasteiger partial charge is 0.416 e. The van der Waals surface area contributed by atoms with Crippen LogP contribution in [0.4, 0.5) is 18.9 Å². The first-order chi connectivity index (χ1) is 8.52. The van der Waals surface area contributed by atoms with Gasteiger partial charge in [-0.05, 0) is 18.2 Å². The van der Waals surface area contributed by atoms with Crippen LogP contribution < -0.4 is 11.5 Å². The number of aliphatic imine (C=N–C) groups is 1. The van der Waals surface area contributed by atoms with Gasteiger partial charge >= 0.3 is 6.18 Å². The summed E-state index contributed by atoms with van der Waals surface area (Å²) < 4.78 is 37.3. The highest BCUT2D eigenvalue weighted by molar-refractivity contribution is 9.10. The van der Waals surface area contributed by atoms with E-state index in [0.717, 1.165) is 12.1 Å². The molecule has 0 saturated heterocycles. The number of nitrogens with zero attached hydrogens (tertiary/aromatic N) is 2. The standard InChI is InChI=1S/C8H7BrF3N3.HNO3/c9-5-1-4(8(10,11)12)2-6(3-5)15-7(13)14;2-1(3)4/h1-3H,(H4,13,14,15);(H,2,3,4). The van der Waals surface area contributed by atoms with Crippen molar-refractivity contribution in [2.75, 3.05) is 0 Å². The number of guanidine groups is 1. The fourth-order valence-electron chi connectivity index (χ4n) is 0.951. The maximum absolute atomic E-state index is 12.4. The molecule has 0 aliphatic heterocycles. The molecule has 0 aromatic heterocycles. The molecule has 0 fully saturated rings. The predicted octanol–water partition coefficient (Wildman–Crippen LogP) is 2.03. The molecule has 0 aliphatic carbocycles. The highest BCUT2D eigenvalue weighted by Crippen LogP contribution is 2.34. The summed E-state index contributed by atoms with van der Waals surface area (Å²) in [5, 5.41) is 13.6. The molecule has 1 rings (SSSR count). The zero-order valence-corrected chi connectivity index (χ0v) is 10.6. The van der Waals surface area contributed by atoms with Gasteiger partial charge in [0.2, 0.25) is 0 Å². The van der Waals surface area contributed by atoms with Crippen LogP contribution >= 0.6 is 15.9 Å². The monoisotopic (exact) mass is 344 g/mol. The van der Waals surface area contributed by atoms with Crippen LogP contribution in [-0.4, -0.2) is 16.3 Å². The molecule has 0 bridgehead atoms. The second-order valence-corrected chi connectivity index (χ2v) is 3.89. The van der Waals surface area contributed by atoms with Gasteiger partial charge in [0.25, 0.3) is 5.09 Å². The van der Waals surface area contributed by atoms with E-state index < -0.39 is 16.8 Å². The number of hydrogen-bond donors (Lipinski definition) is 3. The molecule has 1 aromatic rings. The Hall–Kier alpha value is -2.04. The van der Waals surface area contributed by atoms with Crippen LogP contribution in [0.25, 0.3) is 0 Å². The summed E-state index contributed by atoms with van der Waals surface area (Å²) in [7, 11) is 0. The summed E-state index contributed by atoms with van der Waals surface area (Å²) in [6.45, 7) is 0. The molecule has 0 saturated carbocycles. The molecule has 0 spiro atoms. The second-order valence-electron chi connectivity index (χ2n) is 2.97. The quantitative estimate of drug-likeness (QED) is 0.310. The number of halogens is 4. The molecule has 5 N–H and O–H groups in total. The Labute approximate surface area is 113 Å². The third-order valence-electron chi connectivity index (χ3n) is 1.47. The minimum atomic E-state index is -4.42.